The Morgan fingerprint density at radius 1 is 0.646 bits per heavy atom. The number of aromatic amines is 2. The largest absolute Gasteiger partial charge is 0.416 e. The first-order chi connectivity index (χ1) is 30.9. The monoisotopic (exact) mass is 974 g/mol. The minimum Gasteiger partial charge on any atom is -0.335 e. The quantitative estimate of drug-likeness (QED) is 0.0513. The highest BCUT2D eigenvalue weighted by molar-refractivity contribution is 7.93. The van der Waals surface area contributed by atoms with Gasteiger partial charge in [0, 0.05) is 47.8 Å². The molecular formula is C39H34F4N10O8S4. The zero-order chi connectivity index (χ0) is 46.3. The van der Waals surface area contributed by atoms with E-state index in [-0.39, 0.29) is 0 Å². The number of carbonyl (C=O) groups excluding carboxylic acids is 4. The molecule has 4 heterocycles. The number of hydrogen-bond acceptors (Lipinski definition) is 14. The van der Waals surface area contributed by atoms with Gasteiger partial charge < -0.3 is 9.97 Å². The topological polar surface area (TPSA) is 250 Å². The van der Waals surface area contributed by atoms with Crippen LogP contribution in [0, 0.1) is 17.7 Å². The molecule has 0 atom stereocenters. The summed E-state index contributed by atoms with van der Waals surface area (Å²) >= 11 is 0.884. The number of anilines is 4. The van der Waals surface area contributed by atoms with E-state index in [2.05, 4.69) is 40.5 Å². The number of H-pyrrole nitrogens is 2. The van der Waals surface area contributed by atoms with Crippen molar-refractivity contribution >= 4 is 87.6 Å². The molecule has 26 heteroatoms. The average molecular weight is 975 g/mol. The fourth-order valence-corrected chi connectivity index (χ4v) is 12.1. The van der Waals surface area contributed by atoms with Crippen LogP contribution in [0.2, 0.25) is 0 Å². The van der Waals surface area contributed by atoms with E-state index in [1.165, 1.54) is 24.8 Å². The summed E-state index contributed by atoms with van der Waals surface area (Å²) in [5, 5.41) is 3.95. The number of nitrogens with one attached hydrogen (secondary N) is 4. The summed E-state index contributed by atoms with van der Waals surface area (Å²) in [7, 11) is -8.62. The molecule has 0 spiro atoms. The molecule has 4 amide bonds. The van der Waals surface area contributed by atoms with E-state index >= 15 is 14.0 Å². The van der Waals surface area contributed by atoms with Crippen LogP contribution in [-0.2, 0) is 25.9 Å². The Hall–Kier alpha value is -6.38. The zero-order valence-electron chi connectivity index (χ0n) is 33.3. The Morgan fingerprint density at radius 3 is 1.49 bits per heavy atom. The molecule has 2 fully saturated rings. The normalized spacial score (nSPS) is 15.0. The van der Waals surface area contributed by atoms with Crippen LogP contribution in [-0.4, -0.2) is 70.4 Å². The maximum absolute atomic E-state index is 15.3. The Morgan fingerprint density at radius 2 is 1.08 bits per heavy atom. The van der Waals surface area contributed by atoms with Crippen LogP contribution in [0.4, 0.5) is 48.8 Å². The summed E-state index contributed by atoms with van der Waals surface area (Å²) in [6.45, 7) is 0. The van der Waals surface area contributed by atoms with Gasteiger partial charge in [-0.2, -0.15) is 23.2 Å². The van der Waals surface area contributed by atoms with E-state index in [1.807, 2.05) is 0 Å². The standard InChI is InChI=1S/C39H34F4N10O8S4/c40-24-10-12-28(26(18-24)32(55)22-7-3-4-8-22)53(38(57)51-34-49-20-30(63-34)65(60,61)36-46-15-16-47-36)52(37(56)50-33-48-19-29(62-33)64(58,59)35-44-13-14-45-35)27-11-9-23(39(41,42)43)17-25(27)31(54)21-5-1-2-6-21/h9-22H,1-8H2,(H,44,45)(H,46,47)(H,48,50,56)(H,49,51,57). The van der Waals surface area contributed by atoms with Gasteiger partial charge in [0.05, 0.1) is 29.3 Å². The molecule has 0 unspecified atom stereocenters. The lowest BCUT2D eigenvalue weighted by molar-refractivity contribution is -0.137. The van der Waals surface area contributed by atoms with Crippen molar-refractivity contribution in [2.75, 3.05) is 20.7 Å². The molecule has 0 saturated heterocycles. The number of Topliss-reactive ketones (excluding diaryl/α,β-unsaturated/α-hetero) is 2. The lowest BCUT2D eigenvalue weighted by atomic mass is 9.93. The van der Waals surface area contributed by atoms with Crippen molar-refractivity contribution in [2.24, 2.45) is 11.8 Å². The van der Waals surface area contributed by atoms with Crippen LogP contribution in [0.3, 0.4) is 0 Å². The van der Waals surface area contributed by atoms with E-state index in [9.17, 15) is 39.6 Å². The van der Waals surface area contributed by atoms with Gasteiger partial charge in [0.2, 0.25) is 10.3 Å². The molecule has 6 aromatic rings. The average Bonchev–Trinajstić information content (AvgIpc) is 4.12. The van der Waals surface area contributed by atoms with Crippen LogP contribution in [0.5, 0.6) is 0 Å². The summed E-state index contributed by atoms with van der Waals surface area (Å²) < 4.78 is 111. The fraction of sp³-hybridized carbons (Fsp3) is 0.282. The van der Waals surface area contributed by atoms with Gasteiger partial charge in [-0.25, -0.2) is 50.8 Å². The fourth-order valence-electron chi connectivity index (χ4n) is 7.57. The van der Waals surface area contributed by atoms with Crippen molar-refractivity contribution in [3.8, 4) is 0 Å². The molecule has 18 nitrogen and oxygen atoms in total. The van der Waals surface area contributed by atoms with Crippen LogP contribution in [0.1, 0.15) is 77.6 Å². The van der Waals surface area contributed by atoms with Gasteiger partial charge in [-0.1, -0.05) is 48.4 Å². The number of benzene rings is 2. The summed E-state index contributed by atoms with van der Waals surface area (Å²) in [5.74, 6) is -3.84. The molecule has 2 saturated carbocycles. The Balaban J connectivity index is 1.31. The first kappa shape index (κ1) is 45.2. The Kier molecular flexibility index (Phi) is 12.4. The third-order valence-electron chi connectivity index (χ3n) is 10.7. The molecule has 340 valence electrons. The molecule has 0 aliphatic heterocycles. The summed E-state index contributed by atoms with van der Waals surface area (Å²) in [6, 6.07) is 1.71. The second-order valence-corrected chi connectivity index (χ2v) is 21.1. The van der Waals surface area contributed by atoms with Crippen LogP contribution in [0.25, 0.3) is 0 Å². The van der Waals surface area contributed by atoms with Crippen molar-refractivity contribution in [3.05, 3.63) is 96.1 Å². The van der Waals surface area contributed by atoms with Gasteiger partial charge in [0.25, 0.3) is 19.7 Å². The maximum atomic E-state index is 15.3. The lowest BCUT2D eigenvalue weighted by Gasteiger charge is -2.36. The van der Waals surface area contributed by atoms with E-state index in [0.29, 0.717) is 96.2 Å². The predicted octanol–water partition coefficient (Wildman–Crippen LogP) is 8.31. The number of alkyl halides is 3. The van der Waals surface area contributed by atoms with Gasteiger partial charge in [-0.15, -0.1) is 0 Å². The number of halogens is 4. The van der Waals surface area contributed by atoms with E-state index < -0.39 is 124 Å². The molecule has 2 aromatic carbocycles. The number of carbonyl (C=O) groups is 4. The predicted molar refractivity (Wildman–Crippen MR) is 226 cm³/mol. The van der Waals surface area contributed by atoms with E-state index in [0.717, 1.165) is 36.7 Å². The first-order valence-corrected chi connectivity index (χ1v) is 24.3. The number of nitrogens with zero attached hydrogens (tertiary/aromatic N) is 6. The smallest absolute Gasteiger partial charge is 0.335 e. The highest BCUT2D eigenvalue weighted by atomic mass is 32.2. The number of sulfone groups is 2. The molecule has 65 heavy (non-hydrogen) atoms. The Bertz CT molecular complexity index is 3000. The molecule has 2 aliphatic rings. The van der Waals surface area contributed by atoms with E-state index in [4.69, 9.17) is 0 Å². The number of amides is 4. The van der Waals surface area contributed by atoms with Crippen molar-refractivity contribution in [1.82, 2.24) is 29.9 Å². The Labute approximate surface area is 374 Å². The van der Waals surface area contributed by atoms with Crippen molar-refractivity contribution in [1.29, 1.82) is 0 Å². The van der Waals surface area contributed by atoms with Crippen molar-refractivity contribution in [3.63, 3.8) is 0 Å². The van der Waals surface area contributed by atoms with Crippen LogP contribution in [0.15, 0.2) is 92.3 Å². The first-order valence-electron chi connectivity index (χ1n) is 19.7. The molecule has 8 rings (SSSR count). The third-order valence-corrected chi connectivity index (χ3v) is 16.7. The molecule has 4 N–H and O–H groups in total. The number of urea groups is 2. The van der Waals surface area contributed by atoms with Crippen molar-refractivity contribution in [2.45, 2.75) is 76.3 Å². The number of rotatable bonds is 12. The minimum atomic E-state index is -5.00. The summed E-state index contributed by atoms with van der Waals surface area (Å²) in [5.41, 5.74) is -3.48. The van der Waals surface area contributed by atoms with Gasteiger partial charge in [-0.3, -0.25) is 20.2 Å². The van der Waals surface area contributed by atoms with Crippen molar-refractivity contribution < 1.29 is 53.6 Å². The van der Waals surface area contributed by atoms with Gasteiger partial charge in [0.15, 0.2) is 21.8 Å². The maximum Gasteiger partial charge on any atom is 0.416 e. The van der Waals surface area contributed by atoms with Crippen LogP contribution < -0.4 is 20.7 Å². The van der Waals surface area contributed by atoms with Crippen LogP contribution >= 0.6 is 22.7 Å². The number of aromatic nitrogens is 6. The number of hydrogen-bond donors (Lipinski definition) is 4. The number of imidazole rings is 2. The molecule has 0 bridgehead atoms. The van der Waals surface area contributed by atoms with Gasteiger partial charge >= 0.3 is 18.2 Å². The van der Waals surface area contributed by atoms with Gasteiger partial charge in [-0.05, 0) is 62.1 Å². The summed E-state index contributed by atoms with van der Waals surface area (Å²) in [6.07, 6.45) is 5.53. The number of thiazole rings is 2. The molecular weight excluding hydrogens is 941 g/mol. The van der Waals surface area contributed by atoms with E-state index in [1.54, 1.807) is 0 Å². The number of hydrazine groups is 1. The molecule has 0 radical (unpaired) electrons. The second kappa shape index (κ2) is 17.9. The molecule has 4 aromatic heterocycles. The second-order valence-electron chi connectivity index (χ2n) is 14.8. The highest BCUT2D eigenvalue weighted by Gasteiger charge is 2.41. The lowest BCUT2D eigenvalue weighted by Crippen LogP contribution is -2.55. The van der Waals surface area contributed by atoms with Gasteiger partial charge in [0.1, 0.15) is 14.2 Å². The highest BCUT2D eigenvalue weighted by Crippen LogP contribution is 2.40. The summed E-state index contributed by atoms with van der Waals surface area (Å²) in [4.78, 5) is 79.1. The SMILES string of the molecule is O=C(c1cc(F)ccc1N(C(=O)Nc1ncc(S(=O)(=O)c2ncc[nH]2)s1)N(C(=O)Nc1ncc(S(=O)(=O)c2ncc[nH]2)s1)c1ccc(C(F)(F)F)cc1C(=O)C1CCCC1)C1CCCC1. The number of ketones is 2. The minimum absolute atomic E-state index is 0.294. The molecule has 2 aliphatic carbocycles. The third kappa shape index (κ3) is 9.14. The zero-order valence-corrected chi connectivity index (χ0v) is 36.6.